The van der Waals surface area contributed by atoms with Gasteiger partial charge in [-0.05, 0) is 92.4 Å². The number of urea groups is 1. The number of oxime groups is 1. The van der Waals surface area contributed by atoms with Crippen LogP contribution in [-0.4, -0.2) is 269 Å². The number of anilines is 1. The predicted molar refractivity (Wildman–Crippen MR) is 431 cm³/mol. The summed E-state index contributed by atoms with van der Waals surface area (Å²) in [4.78, 5) is 196. The van der Waals surface area contributed by atoms with E-state index in [0.717, 1.165) is 22.0 Å². The standard InChI is InChI=1S/C81H126N14O22/c1-16-52(8)71(61(111-13)46-66(100)94-40-21-27-60(94)73(113-15)53(9)74(103)86-54(10)72(102)56-24-18-17-19-25-56)92(11)79(108)69(50(4)5)90-78(107)70(51(6)7)93(12)81(110)116-47-55-28-30-57(31-29-55)87-76(105)58(26-20-37-85-80(82)109)88-77(106)68(49(2)3)89-63(97)48-117-91-59(32-35-67(101)112-14)75(104)84-39-23-43-115-45-44-114-42-22-38-83-62(96)36-41-95-64(98)33-34-65(95)99/h17-19,24-25,28-31,33-34,49-54,58,60-61,68-73,102H,16,20-23,26-27,32,35-48H2,1-15H3,(H,83,96)(H,84,104)(H,86,103)(H,87,105)(H,88,106)(H,89,97)(H,90,107)(H3,82,85,109)/b91-59-/t52-,53+,54+,58-,60-,61+,68-,69-,70-,71-,72+,73+/m0/s1. The highest BCUT2D eigenvalue weighted by Gasteiger charge is 2.44. The third-order valence-corrected chi connectivity index (χ3v) is 20.3. The van der Waals surface area contributed by atoms with E-state index in [4.69, 9.17) is 39.0 Å². The Morgan fingerprint density at radius 3 is 1.86 bits per heavy atom. The number of imide groups is 1. The van der Waals surface area contributed by atoms with E-state index in [1.807, 2.05) is 32.0 Å². The fourth-order valence-corrected chi connectivity index (χ4v) is 13.5. The van der Waals surface area contributed by atoms with E-state index in [1.165, 1.54) is 45.4 Å². The summed E-state index contributed by atoms with van der Waals surface area (Å²) in [5.74, 6) is -8.87. The number of carbonyl (C=O) groups excluding carboxylic acids is 14. The number of hydrogen-bond acceptors (Lipinski definition) is 23. The molecule has 117 heavy (non-hydrogen) atoms. The Kier molecular flexibility index (Phi) is 43.9. The van der Waals surface area contributed by atoms with Gasteiger partial charge in [-0.15, -0.1) is 0 Å². The van der Waals surface area contributed by atoms with Gasteiger partial charge in [0.15, 0.2) is 6.61 Å². The minimum atomic E-state index is -1.24. The fourth-order valence-electron chi connectivity index (χ4n) is 13.5. The normalized spacial score (nSPS) is 16.3. The lowest BCUT2D eigenvalue weighted by atomic mass is 9.89. The first kappa shape index (κ1) is 99.2. The zero-order valence-corrected chi connectivity index (χ0v) is 70.4. The van der Waals surface area contributed by atoms with Gasteiger partial charge in [0.1, 0.15) is 36.5 Å². The summed E-state index contributed by atoms with van der Waals surface area (Å²) in [5, 5.41) is 36.5. The van der Waals surface area contributed by atoms with Crippen molar-refractivity contribution in [2.24, 2.45) is 40.5 Å². The summed E-state index contributed by atoms with van der Waals surface area (Å²) in [6.07, 6.45) is 1.29. The van der Waals surface area contributed by atoms with Crippen molar-refractivity contribution in [3.8, 4) is 0 Å². The lowest BCUT2D eigenvalue weighted by Crippen LogP contribution is -2.60. The van der Waals surface area contributed by atoms with Gasteiger partial charge in [0.25, 0.3) is 23.6 Å². The molecule has 0 saturated carbocycles. The lowest BCUT2D eigenvalue weighted by molar-refractivity contribution is -0.148. The summed E-state index contributed by atoms with van der Waals surface area (Å²) in [5.41, 5.74) is 6.45. The van der Waals surface area contributed by atoms with Gasteiger partial charge in [0.2, 0.25) is 41.4 Å². The van der Waals surface area contributed by atoms with Crippen LogP contribution in [0.3, 0.4) is 0 Å². The molecule has 0 unspecified atom stereocenters. The molecular weight excluding hydrogens is 1520 g/mol. The van der Waals surface area contributed by atoms with Crippen LogP contribution < -0.4 is 48.3 Å². The quantitative estimate of drug-likeness (QED) is 0.0149. The van der Waals surface area contributed by atoms with E-state index in [0.29, 0.717) is 62.9 Å². The molecule has 0 aromatic heterocycles. The molecule has 12 atom stereocenters. The van der Waals surface area contributed by atoms with Crippen molar-refractivity contribution in [1.82, 2.24) is 56.8 Å². The summed E-state index contributed by atoms with van der Waals surface area (Å²) in [7, 11) is 7.19. The number of primary amides is 1. The van der Waals surface area contributed by atoms with Crippen LogP contribution in [0.15, 0.2) is 71.9 Å². The van der Waals surface area contributed by atoms with Crippen molar-refractivity contribution in [3.05, 3.63) is 77.9 Å². The Hall–Kier alpha value is -10.2. The zero-order valence-electron chi connectivity index (χ0n) is 70.4. The maximum atomic E-state index is 14.9. The molecule has 4 rings (SSSR count). The van der Waals surface area contributed by atoms with E-state index in [-0.39, 0.29) is 120 Å². The van der Waals surface area contributed by atoms with Gasteiger partial charge in [-0.1, -0.05) is 116 Å². The topological polar surface area (TPSA) is 471 Å². The van der Waals surface area contributed by atoms with Crippen LogP contribution >= 0.6 is 0 Å². The molecule has 2 aromatic rings. The molecule has 2 aliphatic rings. The van der Waals surface area contributed by atoms with Gasteiger partial charge in [-0.25, -0.2) is 9.59 Å². The fraction of sp³-hybridized carbons (Fsp3) is 0.642. The predicted octanol–water partition coefficient (Wildman–Crippen LogP) is 3.28. The highest BCUT2D eigenvalue weighted by molar-refractivity contribution is 6.39. The second-order valence-corrected chi connectivity index (χ2v) is 30.1. The molecule has 2 heterocycles. The molecule has 1 fully saturated rings. The first-order valence-corrected chi connectivity index (χ1v) is 40.0. The Labute approximate surface area is 685 Å². The van der Waals surface area contributed by atoms with Crippen LogP contribution in [0, 0.1) is 29.6 Å². The van der Waals surface area contributed by atoms with E-state index >= 15 is 0 Å². The monoisotopic (exact) mass is 1650 g/mol. The van der Waals surface area contributed by atoms with Gasteiger partial charge in [0, 0.05) is 105 Å². The van der Waals surface area contributed by atoms with Crippen LogP contribution in [0.4, 0.5) is 15.3 Å². The van der Waals surface area contributed by atoms with Crippen molar-refractivity contribution >= 4 is 94.5 Å². The van der Waals surface area contributed by atoms with Gasteiger partial charge >= 0.3 is 18.1 Å². The number of nitrogens with zero attached hydrogens (tertiary/aromatic N) is 5. The third kappa shape index (κ3) is 33.0. The second kappa shape index (κ2) is 51.8. The highest BCUT2D eigenvalue weighted by atomic mass is 16.6. The van der Waals surface area contributed by atoms with Crippen LogP contribution in [0.2, 0.25) is 0 Å². The summed E-state index contributed by atoms with van der Waals surface area (Å²) in [6.45, 7) is 18.7. The molecule has 36 nitrogen and oxygen atoms in total. The Balaban J connectivity index is 1.31. The molecular formula is C81H126N14O22. The second-order valence-electron chi connectivity index (χ2n) is 30.1. The molecule has 652 valence electrons. The minimum Gasteiger partial charge on any atom is -0.469 e. The number of nitrogens with two attached hydrogens (primary N) is 1. The molecule has 0 radical (unpaired) electrons. The van der Waals surface area contributed by atoms with Gasteiger partial charge in [-0.2, -0.15) is 0 Å². The number of methoxy groups -OCH3 is 3. The molecule has 2 aromatic carbocycles. The summed E-state index contributed by atoms with van der Waals surface area (Å²) in [6, 6.07) is 8.01. The maximum Gasteiger partial charge on any atom is 0.410 e. The highest BCUT2D eigenvalue weighted by Crippen LogP contribution is 2.31. The summed E-state index contributed by atoms with van der Waals surface area (Å²) < 4.78 is 33.6. The van der Waals surface area contributed by atoms with Crippen LogP contribution in [0.25, 0.3) is 0 Å². The molecule has 36 heteroatoms. The van der Waals surface area contributed by atoms with Gasteiger partial charge < -0.3 is 96.4 Å². The molecule has 11 N–H and O–H groups in total. The molecule has 1 saturated heterocycles. The minimum absolute atomic E-state index is 0.00915. The Bertz CT molecular complexity index is 3620. The number of nitrogens with one attached hydrogen (secondary N) is 8. The van der Waals surface area contributed by atoms with E-state index in [1.54, 1.807) is 91.6 Å². The average molecular weight is 1650 g/mol. The molecule has 14 amide bonds. The zero-order chi connectivity index (χ0) is 87.0. The number of esters is 1. The van der Waals surface area contributed by atoms with Crippen LogP contribution in [0.5, 0.6) is 0 Å². The molecule has 0 spiro atoms. The van der Waals surface area contributed by atoms with Crippen molar-refractivity contribution in [1.29, 1.82) is 0 Å². The number of aliphatic hydroxyl groups is 1. The van der Waals surface area contributed by atoms with Crippen molar-refractivity contribution in [2.45, 2.75) is 207 Å². The number of ether oxygens (including phenoxy) is 6. The molecule has 0 bridgehead atoms. The summed E-state index contributed by atoms with van der Waals surface area (Å²) >= 11 is 0. The van der Waals surface area contributed by atoms with Crippen molar-refractivity contribution in [3.63, 3.8) is 0 Å². The first-order valence-electron chi connectivity index (χ1n) is 40.0. The lowest BCUT2D eigenvalue weighted by Gasteiger charge is -2.41. The number of benzene rings is 2. The number of rotatable bonds is 53. The van der Waals surface area contributed by atoms with Crippen LogP contribution in [0.1, 0.15) is 157 Å². The van der Waals surface area contributed by atoms with Gasteiger partial charge in [0.05, 0.1) is 75.5 Å². The van der Waals surface area contributed by atoms with E-state index < -0.39 is 156 Å². The molecule has 2 aliphatic heterocycles. The van der Waals surface area contributed by atoms with Crippen molar-refractivity contribution in [2.75, 3.05) is 106 Å². The smallest absolute Gasteiger partial charge is 0.410 e. The van der Waals surface area contributed by atoms with Crippen LogP contribution in [-0.2, 0) is 97.4 Å². The molecule has 0 aliphatic carbocycles. The van der Waals surface area contributed by atoms with Gasteiger partial charge in [-0.3, -0.25) is 67.3 Å². The number of amides is 14. The SMILES string of the molecule is CC[C@H](C)[C@@H]([C@@H](CC(=O)N1CCC[C@H]1[C@H](OC)[C@@H](C)C(=O)N[C@H](C)[C@@H](O)c1ccccc1)OC)N(C)C(=O)[C@@H](NC(=O)[C@H](C(C)C)N(C)C(=O)OCc1ccc(NC(=O)[C@H](CCCNC(N)=O)NC(=O)[C@@H](NC(=O)CO/N=C(/CCC(=O)OC)C(=O)NCCCOCCOCCCNC(=O)CCN2C(=O)C=CC2=O)C(C)C)cc1)C(C)C. The number of likely N-dealkylation sites (tertiary alicyclic amines) is 1. The number of carbonyl (C=O) groups is 14. The maximum absolute atomic E-state index is 14.9. The number of hydrogen-bond donors (Lipinski definition) is 10. The third-order valence-electron chi connectivity index (χ3n) is 20.3. The number of aliphatic hydroxyl groups excluding tert-OH is 1. The Morgan fingerprint density at radius 2 is 1.28 bits per heavy atom. The van der Waals surface area contributed by atoms with E-state index in [2.05, 4.69) is 47.7 Å². The average Bonchev–Trinajstić information content (AvgIpc) is 1.76. The first-order chi connectivity index (χ1) is 55.6. The largest absolute Gasteiger partial charge is 0.469 e. The number of likely N-dealkylation sites (N-methyl/N-ethyl adjacent to an activating group) is 2. The Morgan fingerprint density at radius 1 is 0.658 bits per heavy atom. The van der Waals surface area contributed by atoms with Crippen molar-refractivity contribution < 1.29 is 105 Å². The van der Waals surface area contributed by atoms with E-state index in [9.17, 15) is 72.2 Å².